The molecule has 2 N–H and O–H groups in total. The first-order chi connectivity index (χ1) is 12.8. The van der Waals surface area contributed by atoms with Crippen LogP contribution >= 0.6 is 24.8 Å². The first-order valence-corrected chi connectivity index (χ1v) is 9.15. The number of rotatable bonds is 9. The van der Waals surface area contributed by atoms with Gasteiger partial charge in [0.15, 0.2) is 0 Å². The number of nitrogens with one attached hydrogen (secondary N) is 2. The Morgan fingerprint density at radius 1 is 1.18 bits per heavy atom. The third kappa shape index (κ3) is 7.24. The van der Waals surface area contributed by atoms with Crippen LogP contribution in [0.3, 0.4) is 0 Å². The average molecular weight is 433 g/mol. The molecule has 7 nitrogen and oxygen atoms in total. The number of carbonyl (C=O) groups is 1. The summed E-state index contributed by atoms with van der Waals surface area (Å²) in [7, 11) is 1.64. The van der Waals surface area contributed by atoms with E-state index in [1.807, 2.05) is 12.1 Å². The monoisotopic (exact) mass is 432 g/mol. The van der Waals surface area contributed by atoms with E-state index in [0.29, 0.717) is 13.2 Å². The minimum absolute atomic E-state index is 0. The highest BCUT2D eigenvalue weighted by atomic mass is 35.5. The molecule has 28 heavy (non-hydrogen) atoms. The van der Waals surface area contributed by atoms with Gasteiger partial charge in [-0.3, -0.25) is 9.69 Å². The van der Waals surface area contributed by atoms with E-state index in [1.54, 1.807) is 7.11 Å². The van der Waals surface area contributed by atoms with Crippen molar-refractivity contribution in [2.45, 2.75) is 6.54 Å². The molecule has 158 valence electrons. The molecule has 9 heteroatoms. The highest BCUT2D eigenvalue weighted by Gasteiger charge is 2.11. The van der Waals surface area contributed by atoms with Gasteiger partial charge in [0.05, 0.1) is 26.4 Å². The maximum Gasteiger partial charge on any atom is 0.238 e. The van der Waals surface area contributed by atoms with Crippen molar-refractivity contribution < 1.29 is 14.3 Å². The SMILES string of the molecule is COCCNCC(=O)Nc1ccc2c(ccn2CCN2CCOCC2)c1.Cl.Cl. The molecule has 3 rings (SSSR count). The van der Waals surface area contributed by atoms with Crippen LogP contribution in [0.15, 0.2) is 30.5 Å². The molecule has 0 atom stereocenters. The summed E-state index contributed by atoms with van der Waals surface area (Å²) in [6, 6.07) is 8.15. The highest BCUT2D eigenvalue weighted by Crippen LogP contribution is 2.20. The molecule has 1 amide bonds. The predicted molar refractivity (Wildman–Crippen MR) is 117 cm³/mol. The maximum atomic E-state index is 12.0. The fraction of sp³-hybridized carbons (Fsp3) is 0.526. The molecule has 1 aliphatic rings. The van der Waals surface area contributed by atoms with Crippen molar-refractivity contribution in [3.05, 3.63) is 30.5 Å². The minimum Gasteiger partial charge on any atom is -0.383 e. The number of benzene rings is 1. The van der Waals surface area contributed by atoms with Crippen molar-refractivity contribution in [3.8, 4) is 0 Å². The molecule has 1 saturated heterocycles. The van der Waals surface area contributed by atoms with Crippen molar-refractivity contribution in [3.63, 3.8) is 0 Å². The van der Waals surface area contributed by atoms with Gasteiger partial charge in [-0.05, 0) is 24.3 Å². The number of morpholine rings is 1. The van der Waals surface area contributed by atoms with Crippen molar-refractivity contribution in [2.24, 2.45) is 0 Å². The number of carbonyl (C=O) groups excluding carboxylic acids is 1. The number of hydrogen-bond donors (Lipinski definition) is 2. The van der Waals surface area contributed by atoms with Gasteiger partial charge in [-0.25, -0.2) is 0 Å². The van der Waals surface area contributed by atoms with Gasteiger partial charge >= 0.3 is 0 Å². The van der Waals surface area contributed by atoms with Gasteiger partial charge in [0, 0.05) is 62.6 Å². The lowest BCUT2D eigenvalue weighted by Crippen LogP contribution is -2.38. The second kappa shape index (κ2) is 13.0. The Balaban J connectivity index is 0.00000196. The molecular weight excluding hydrogens is 403 g/mol. The van der Waals surface area contributed by atoms with Crippen LogP contribution in [0.25, 0.3) is 10.9 Å². The van der Waals surface area contributed by atoms with Gasteiger partial charge in [0.2, 0.25) is 5.91 Å². The van der Waals surface area contributed by atoms with Crippen LogP contribution in [0.4, 0.5) is 5.69 Å². The van der Waals surface area contributed by atoms with E-state index in [-0.39, 0.29) is 37.3 Å². The van der Waals surface area contributed by atoms with E-state index in [9.17, 15) is 4.79 Å². The number of ether oxygens (including phenoxy) is 2. The Bertz CT molecular complexity index is 720. The van der Waals surface area contributed by atoms with Crippen LogP contribution in [0, 0.1) is 0 Å². The van der Waals surface area contributed by atoms with E-state index in [2.05, 4.69) is 38.4 Å². The summed E-state index contributed by atoms with van der Waals surface area (Å²) in [6.07, 6.45) is 2.11. The molecule has 0 radical (unpaired) electrons. The average Bonchev–Trinajstić information content (AvgIpc) is 3.07. The summed E-state index contributed by atoms with van der Waals surface area (Å²) in [5, 5.41) is 7.11. The van der Waals surface area contributed by atoms with E-state index >= 15 is 0 Å². The molecule has 2 heterocycles. The van der Waals surface area contributed by atoms with Gasteiger partial charge < -0.3 is 24.7 Å². The van der Waals surface area contributed by atoms with Crippen LogP contribution in [-0.2, 0) is 20.8 Å². The van der Waals surface area contributed by atoms with Gasteiger partial charge in [-0.2, -0.15) is 0 Å². The molecule has 2 aromatic rings. The maximum absolute atomic E-state index is 12.0. The third-order valence-electron chi connectivity index (χ3n) is 4.58. The van der Waals surface area contributed by atoms with Crippen LogP contribution < -0.4 is 10.6 Å². The summed E-state index contributed by atoms with van der Waals surface area (Å²) < 4.78 is 12.6. The number of nitrogens with zero attached hydrogens (tertiary/aromatic N) is 2. The first-order valence-electron chi connectivity index (χ1n) is 9.15. The van der Waals surface area contributed by atoms with E-state index in [4.69, 9.17) is 9.47 Å². The molecule has 0 unspecified atom stereocenters. The Morgan fingerprint density at radius 2 is 1.96 bits per heavy atom. The molecular formula is C19H30Cl2N4O3. The summed E-state index contributed by atoms with van der Waals surface area (Å²) in [5.74, 6) is -0.0489. The molecule has 0 bridgehead atoms. The normalized spacial score (nSPS) is 14.3. The van der Waals surface area contributed by atoms with Crippen LogP contribution in [0.2, 0.25) is 0 Å². The molecule has 0 aliphatic carbocycles. The third-order valence-corrected chi connectivity index (χ3v) is 4.58. The first kappa shape index (κ1) is 24.7. The van der Waals surface area contributed by atoms with Crippen molar-refractivity contribution in [2.75, 3.05) is 65.0 Å². The zero-order valence-electron chi connectivity index (χ0n) is 16.2. The van der Waals surface area contributed by atoms with Gasteiger partial charge in [-0.15, -0.1) is 24.8 Å². The zero-order valence-corrected chi connectivity index (χ0v) is 17.8. The number of anilines is 1. The molecule has 1 aliphatic heterocycles. The van der Waals surface area contributed by atoms with E-state index in [1.165, 1.54) is 5.52 Å². The number of methoxy groups -OCH3 is 1. The Morgan fingerprint density at radius 3 is 2.71 bits per heavy atom. The fourth-order valence-electron chi connectivity index (χ4n) is 3.13. The second-order valence-electron chi connectivity index (χ2n) is 6.45. The van der Waals surface area contributed by atoms with Gasteiger partial charge in [-0.1, -0.05) is 0 Å². The molecule has 1 fully saturated rings. The lowest BCUT2D eigenvalue weighted by atomic mass is 10.2. The number of amides is 1. The quantitative estimate of drug-likeness (QED) is 0.593. The number of halogens is 2. The Hall–Kier alpha value is -1.35. The Kier molecular flexibility index (Phi) is 11.4. The Labute approximate surface area is 178 Å². The second-order valence-corrected chi connectivity index (χ2v) is 6.45. The predicted octanol–water partition coefficient (Wildman–Crippen LogP) is 1.99. The summed E-state index contributed by atoms with van der Waals surface area (Å²) >= 11 is 0. The largest absolute Gasteiger partial charge is 0.383 e. The van der Waals surface area contributed by atoms with E-state index < -0.39 is 0 Å². The summed E-state index contributed by atoms with van der Waals surface area (Å²) in [4.78, 5) is 14.4. The van der Waals surface area contributed by atoms with Crippen LogP contribution in [0.5, 0.6) is 0 Å². The lowest BCUT2D eigenvalue weighted by Gasteiger charge is -2.26. The number of hydrogen-bond acceptors (Lipinski definition) is 5. The van der Waals surface area contributed by atoms with Crippen molar-refractivity contribution in [1.82, 2.24) is 14.8 Å². The number of fused-ring (bicyclic) bond motifs is 1. The summed E-state index contributed by atoms with van der Waals surface area (Å²) in [5.41, 5.74) is 2.01. The molecule has 0 spiro atoms. The molecule has 0 saturated carbocycles. The molecule has 1 aromatic heterocycles. The number of aromatic nitrogens is 1. The van der Waals surface area contributed by atoms with Crippen molar-refractivity contribution >= 4 is 47.3 Å². The van der Waals surface area contributed by atoms with Gasteiger partial charge in [0.25, 0.3) is 0 Å². The lowest BCUT2D eigenvalue weighted by molar-refractivity contribution is -0.115. The minimum atomic E-state index is -0.0489. The highest BCUT2D eigenvalue weighted by molar-refractivity contribution is 5.95. The summed E-state index contributed by atoms with van der Waals surface area (Å²) in [6.45, 7) is 7.19. The standard InChI is InChI=1S/C19H28N4O3.2ClH/c1-25-11-5-20-15-19(24)21-17-2-3-18-16(14-17)4-6-23(18)8-7-22-9-12-26-13-10-22;;/h2-4,6,14,20H,5,7-13,15H2,1H3,(H,21,24);2*1H. The van der Waals surface area contributed by atoms with Crippen molar-refractivity contribution in [1.29, 1.82) is 0 Å². The van der Waals surface area contributed by atoms with E-state index in [0.717, 1.165) is 50.5 Å². The van der Waals surface area contributed by atoms with Crippen LogP contribution in [-0.4, -0.2) is 75.0 Å². The smallest absolute Gasteiger partial charge is 0.238 e. The van der Waals surface area contributed by atoms with Gasteiger partial charge in [0.1, 0.15) is 0 Å². The van der Waals surface area contributed by atoms with Crippen LogP contribution in [0.1, 0.15) is 0 Å². The molecule has 1 aromatic carbocycles. The fourth-order valence-corrected chi connectivity index (χ4v) is 3.13. The zero-order chi connectivity index (χ0) is 18.2. The topological polar surface area (TPSA) is 67.8 Å².